The molecule has 0 fully saturated rings. The van der Waals surface area contributed by atoms with E-state index in [0.29, 0.717) is 25.2 Å². The summed E-state index contributed by atoms with van der Waals surface area (Å²) in [5.74, 6) is 0.401. The first-order valence-corrected chi connectivity index (χ1v) is 6.74. The van der Waals surface area contributed by atoms with Gasteiger partial charge in [0, 0.05) is 18.4 Å². The number of esters is 1. The second kappa shape index (κ2) is 7.72. The molecule has 0 radical (unpaired) electrons. The molecule has 104 valence electrons. The Hall–Kier alpha value is -1.64. The third-order valence-corrected chi connectivity index (χ3v) is 3.16. The molecule has 0 aromatic heterocycles. The summed E-state index contributed by atoms with van der Waals surface area (Å²) in [6.07, 6.45) is 2.29. The summed E-state index contributed by atoms with van der Waals surface area (Å²) < 4.78 is 4.55. The standard InChI is InChI=1S/C16H22O3/c1-12(2)13-8-10-14(11-9-13)15(17)6-4-5-7-16(18)19-3/h8-12H,4-7H2,1-3H3. The SMILES string of the molecule is COC(=O)CCCCC(=O)c1ccc(C(C)C)cc1. The molecule has 1 rings (SSSR count). The van der Waals surface area contributed by atoms with E-state index in [2.05, 4.69) is 18.6 Å². The largest absolute Gasteiger partial charge is 0.469 e. The van der Waals surface area contributed by atoms with E-state index < -0.39 is 0 Å². The van der Waals surface area contributed by atoms with E-state index in [9.17, 15) is 9.59 Å². The number of carbonyl (C=O) groups is 2. The number of benzene rings is 1. The summed E-state index contributed by atoms with van der Waals surface area (Å²) in [5.41, 5.74) is 1.99. The van der Waals surface area contributed by atoms with Crippen LogP contribution in [0.15, 0.2) is 24.3 Å². The maximum atomic E-state index is 11.9. The van der Waals surface area contributed by atoms with E-state index in [0.717, 1.165) is 12.0 Å². The van der Waals surface area contributed by atoms with Crippen LogP contribution in [0.4, 0.5) is 0 Å². The van der Waals surface area contributed by atoms with Crippen molar-refractivity contribution in [3.8, 4) is 0 Å². The summed E-state index contributed by atoms with van der Waals surface area (Å²) in [4.78, 5) is 22.8. The number of methoxy groups -OCH3 is 1. The van der Waals surface area contributed by atoms with Gasteiger partial charge in [-0.1, -0.05) is 38.1 Å². The number of unbranched alkanes of at least 4 members (excludes halogenated alkanes) is 1. The van der Waals surface area contributed by atoms with E-state index in [1.54, 1.807) is 0 Å². The van der Waals surface area contributed by atoms with Crippen LogP contribution in [0.2, 0.25) is 0 Å². The topological polar surface area (TPSA) is 43.4 Å². The van der Waals surface area contributed by atoms with Crippen molar-refractivity contribution >= 4 is 11.8 Å². The maximum Gasteiger partial charge on any atom is 0.305 e. The molecule has 0 amide bonds. The molecular formula is C16H22O3. The number of carbonyl (C=O) groups excluding carboxylic acids is 2. The quantitative estimate of drug-likeness (QED) is 0.427. The first-order chi connectivity index (χ1) is 9.04. The lowest BCUT2D eigenvalue weighted by atomic mass is 9.99. The number of hydrogen-bond donors (Lipinski definition) is 0. The fourth-order valence-corrected chi connectivity index (χ4v) is 1.86. The molecule has 0 bridgehead atoms. The van der Waals surface area contributed by atoms with Gasteiger partial charge in [0.2, 0.25) is 0 Å². The third-order valence-electron chi connectivity index (χ3n) is 3.16. The zero-order valence-corrected chi connectivity index (χ0v) is 11.9. The van der Waals surface area contributed by atoms with Crippen LogP contribution < -0.4 is 0 Å². The Morgan fingerprint density at radius 1 is 1.05 bits per heavy atom. The maximum absolute atomic E-state index is 11.9. The normalized spacial score (nSPS) is 10.5. The number of rotatable bonds is 7. The lowest BCUT2D eigenvalue weighted by Crippen LogP contribution is -2.02. The molecule has 1 aromatic carbocycles. The zero-order chi connectivity index (χ0) is 14.3. The van der Waals surface area contributed by atoms with E-state index in [1.807, 2.05) is 24.3 Å². The Labute approximate surface area is 115 Å². The molecule has 0 aliphatic rings. The van der Waals surface area contributed by atoms with E-state index >= 15 is 0 Å². The number of Topliss-reactive ketones (excluding diaryl/α,β-unsaturated/α-hetero) is 1. The van der Waals surface area contributed by atoms with Gasteiger partial charge < -0.3 is 4.74 Å². The number of ether oxygens (including phenoxy) is 1. The summed E-state index contributed by atoms with van der Waals surface area (Å²) in [6, 6.07) is 7.79. The minimum Gasteiger partial charge on any atom is -0.469 e. The third kappa shape index (κ3) is 5.25. The van der Waals surface area contributed by atoms with Crippen LogP contribution in [0.1, 0.15) is 61.4 Å². The second-order valence-corrected chi connectivity index (χ2v) is 4.98. The van der Waals surface area contributed by atoms with Gasteiger partial charge in [-0.15, -0.1) is 0 Å². The Morgan fingerprint density at radius 2 is 1.63 bits per heavy atom. The van der Waals surface area contributed by atoms with Crippen LogP contribution in [0.25, 0.3) is 0 Å². The second-order valence-electron chi connectivity index (χ2n) is 4.98. The minimum absolute atomic E-state index is 0.139. The van der Waals surface area contributed by atoms with Gasteiger partial charge in [0.1, 0.15) is 0 Å². The summed E-state index contributed by atoms with van der Waals surface area (Å²) in [6.45, 7) is 4.26. The summed E-state index contributed by atoms with van der Waals surface area (Å²) in [5, 5.41) is 0. The average Bonchev–Trinajstić information content (AvgIpc) is 2.43. The van der Waals surface area contributed by atoms with Crippen molar-refractivity contribution in [2.24, 2.45) is 0 Å². The van der Waals surface area contributed by atoms with E-state index in [1.165, 1.54) is 12.7 Å². The van der Waals surface area contributed by atoms with Crippen LogP contribution in [-0.4, -0.2) is 18.9 Å². The van der Waals surface area contributed by atoms with Crippen LogP contribution in [0.3, 0.4) is 0 Å². The molecule has 0 atom stereocenters. The summed E-state index contributed by atoms with van der Waals surface area (Å²) in [7, 11) is 1.38. The molecule has 0 heterocycles. The van der Waals surface area contributed by atoms with Crippen LogP contribution in [0, 0.1) is 0 Å². The van der Waals surface area contributed by atoms with Crippen molar-refractivity contribution in [3.05, 3.63) is 35.4 Å². The molecule has 0 saturated heterocycles. The zero-order valence-electron chi connectivity index (χ0n) is 11.9. The van der Waals surface area contributed by atoms with E-state index in [-0.39, 0.29) is 11.8 Å². The number of hydrogen-bond acceptors (Lipinski definition) is 3. The highest BCUT2D eigenvalue weighted by molar-refractivity contribution is 5.96. The predicted octanol–water partition coefficient (Wildman–Crippen LogP) is 3.73. The Morgan fingerprint density at radius 3 is 2.16 bits per heavy atom. The van der Waals surface area contributed by atoms with Gasteiger partial charge in [0.15, 0.2) is 5.78 Å². The van der Waals surface area contributed by atoms with Crippen molar-refractivity contribution in [1.82, 2.24) is 0 Å². The highest BCUT2D eigenvalue weighted by Crippen LogP contribution is 2.16. The van der Waals surface area contributed by atoms with Gasteiger partial charge in [0.25, 0.3) is 0 Å². The van der Waals surface area contributed by atoms with Crippen LogP contribution in [-0.2, 0) is 9.53 Å². The molecule has 0 aliphatic heterocycles. The molecule has 19 heavy (non-hydrogen) atoms. The highest BCUT2D eigenvalue weighted by atomic mass is 16.5. The molecule has 3 nitrogen and oxygen atoms in total. The van der Waals surface area contributed by atoms with Gasteiger partial charge in [-0.2, -0.15) is 0 Å². The van der Waals surface area contributed by atoms with E-state index in [4.69, 9.17) is 0 Å². The first-order valence-electron chi connectivity index (χ1n) is 6.74. The van der Waals surface area contributed by atoms with Crippen molar-refractivity contribution < 1.29 is 14.3 Å². The lowest BCUT2D eigenvalue weighted by Gasteiger charge is -2.06. The summed E-state index contributed by atoms with van der Waals surface area (Å²) >= 11 is 0. The Balaban J connectivity index is 2.39. The highest BCUT2D eigenvalue weighted by Gasteiger charge is 2.07. The fraction of sp³-hybridized carbons (Fsp3) is 0.500. The van der Waals surface area contributed by atoms with Gasteiger partial charge in [-0.3, -0.25) is 9.59 Å². The van der Waals surface area contributed by atoms with Gasteiger partial charge in [-0.05, 0) is 24.3 Å². The van der Waals surface area contributed by atoms with Crippen molar-refractivity contribution in [3.63, 3.8) is 0 Å². The molecule has 0 aliphatic carbocycles. The van der Waals surface area contributed by atoms with Crippen molar-refractivity contribution in [2.75, 3.05) is 7.11 Å². The molecule has 3 heteroatoms. The van der Waals surface area contributed by atoms with Crippen molar-refractivity contribution in [1.29, 1.82) is 0 Å². The van der Waals surface area contributed by atoms with Gasteiger partial charge in [-0.25, -0.2) is 0 Å². The first kappa shape index (κ1) is 15.4. The molecule has 0 unspecified atom stereocenters. The van der Waals surface area contributed by atoms with Crippen molar-refractivity contribution in [2.45, 2.75) is 45.4 Å². The minimum atomic E-state index is -0.214. The predicted molar refractivity (Wildman–Crippen MR) is 75.3 cm³/mol. The van der Waals surface area contributed by atoms with Crippen LogP contribution in [0.5, 0.6) is 0 Å². The fourth-order valence-electron chi connectivity index (χ4n) is 1.86. The van der Waals surface area contributed by atoms with Gasteiger partial charge >= 0.3 is 5.97 Å². The lowest BCUT2D eigenvalue weighted by molar-refractivity contribution is -0.140. The molecular weight excluding hydrogens is 240 g/mol. The molecule has 1 aromatic rings. The monoisotopic (exact) mass is 262 g/mol. The smallest absolute Gasteiger partial charge is 0.305 e. The molecule has 0 saturated carbocycles. The Kier molecular flexibility index (Phi) is 6.26. The Bertz CT molecular complexity index is 418. The molecule has 0 spiro atoms. The van der Waals surface area contributed by atoms with Crippen LogP contribution >= 0.6 is 0 Å². The number of ketones is 1. The average molecular weight is 262 g/mol. The molecule has 0 N–H and O–H groups in total. The van der Waals surface area contributed by atoms with Gasteiger partial charge in [0.05, 0.1) is 7.11 Å².